The molecule has 1 saturated heterocycles. The van der Waals surface area contributed by atoms with E-state index in [1.807, 2.05) is 37.3 Å². The molecule has 0 bridgehead atoms. The third-order valence-corrected chi connectivity index (χ3v) is 10.3. The fourth-order valence-electron chi connectivity index (χ4n) is 3.17. The molecular weight excluding hydrogens is 437 g/mol. The molecule has 0 radical (unpaired) electrons. The summed E-state index contributed by atoms with van der Waals surface area (Å²) in [5, 5.41) is 0. The second kappa shape index (κ2) is 6.94. The maximum atomic E-state index is 13.5. The van der Waals surface area contributed by atoms with Crippen LogP contribution in [0.4, 0.5) is 0 Å². The van der Waals surface area contributed by atoms with Crippen LogP contribution in [-0.4, -0.2) is 27.8 Å². The van der Waals surface area contributed by atoms with Crippen LogP contribution in [0.15, 0.2) is 64.4 Å². The van der Waals surface area contributed by atoms with Crippen LogP contribution in [0.25, 0.3) is 0 Å². The molecule has 1 amide bonds. The number of aryl methyl sites for hydroxylation is 1. The Morgan fingerprint density at radius 3 is 2.00 bits per heavy atom. The van der Waals surface area contributed by atoms with Crippen molar-refractivity contribution < 1.29 is 13.2 Å². The highest BCUT2D eigenvalue weighted by Crippen LogP contribution is 2.63. The van der Waals surface area contributed by atoms with Crippen molar-refractivity contribution in [3.8, 4) is 0 Å². The number of sulfonamides is 1. The van der Waals surface area contributed by atoms with Crippen molar-refractivity contribution in [2.24, 2.45) is 5.41 Å². The average Bonchev–Trinajstić information content (AvgIpc) is 2.71. The van der Waals surface area contributed by atoms with Gasteiger partial charge in [-0.1, -0.05) is 84.7 Å². The van der Waals surface area contributed by atoms with Crippen LogP contribution in [0.5, 0.6) is 0 Å². The van der Waals surface area contributed by atoms with E-state index in [9.17, 15) is 13.2 Å². The molecule has 0 unspecified atom stereocenters. The number of hydrogen-bond acceptors (Lipinski definition) is 4. The van der Waals surface area contributed by atoms with Crippen molar-refractivity contribution in [3.05, 3.63) is 60.2 Å². The minimum atomic E-state index is -4.18. The Morgan fingerprint density at radius 2 is 1.46 bits per heavy atom. The van der Waals surface area contributed by atoms with E-state index < -0.39 is 30.5 Å². The topological polar surface area (TPSA) is 54.5 Å². The Bertz CT molecular complexity index is 1010. The highest BCUT2D eigenvalue weighted by molar-refractivity contribution is 8.01. The summed E-state index contributed by atoms with van der Waals surface area (Å²) in [5.74, 6) is -0.840. The van der Waals surface area contributed by atoms with Gasteiger partial charge in [-0.3, -0.25) is 4.79 Å². The molecule has 0 saturated carbocycles. The SMILES string of the molecule is Cc1ccc(S(=O)(=O)N2C(=O)C(Cl)(Cl)C(C)(C)[C@@]2(C)Sc2ccccc2)cc1. The lowest BCUT2D eigenvalue weighted by atomic mass is 9.84. The van der Waals surface area contributed by atoms with E-state index in [1.165, 1.54) is 23.9 Å². The van der Waals surface area contributed by atoms with Crippen LogP contribution < -0.4 is 0 Å². The summed E-state index contributed by atoms with van der Waals surface area (Å²) in [7, 11) is -4.18. The number of halogens is 2. The van der Waals surface area contributed by atoms with Crippen molar-refractivity contribution in [3.63, 3.8) is 0 Å². The fraction of sp³-hybridized carbons (Fsp3) is 0.350. The number of thioether (sulfide) groups is 1. The van der Waals surface area contributed by atoms with E-state index in [1.54, 1.807) is 32.9 Å². The number of hydrogen-bond donors (Lipinski definition) is 0. The van der Waals surface area contributed by atoms with Crippen molar-refractivity contribution in [1.29, 1.82) is 0 Å². The summed E-state index contributed by atoms with van der Waals surface area (Å²) in [6.07, 6.45) is 0. The molecule has 1 fully saturated rings. The summed E-state index contributed by atoms with van der Waals surface area (Å²) in [6, 6.07) is 15.6. The van der Waals surface area contributed by atoms with Gasteiger partial charge in [0, 0.05) is 10.3 Å². The molecule has 2 aromatic carbocycles. The lowest BCUT2D eigenvalue weighted by molar-refractivity contribution is -0.125. The number of rotatable bonds is 4. The van der Waals surface area contributed by atoms with E-state index in [2.05, 4.69) is 0 Å². The van der Waals surface area contributed by atoms with Gasteiger partial charge in [0.1, 0.15) is 4.87 Å². The number of carbonyl (C=O) groups excluding carboxylic acids is 1. The van der Waals surface area contributed by atoms with Crippen molar-refractivity contribution in [2.75, 3.05) is 0 Å². The maximum absolute atomic E-state index is 13.5. The van der Waals surface area contributed by atoms with E-state index in [-0.39, 0.29) is 4.90 Å². The van der Waals surface area contributed by atoms with Gasteiger partial charge >= 0.3 is 0 Å². The van der Waals surface area contributed by atoms with E-state index in [0.29, 0.717) is 0 Å². The molecule has 1 atom stereocenters. The highest BCUT2D eigenvalue weighted by atomic mass is 35.5. The molecule has 150 valence electrons. The van der Waals surface area contributed by atoms with Crippen molar-refractivity contribution in [2.45, 2.75) is 46.7 Å². The lowest BCUT2D eigenvalue weighted by Gasteiger charge is -2.43. The van der Waals surface area contributed by atoms with Gasteiger partial charge < -0.3 is 0 Å². The first-order valence-corrected chi connectivity index (χ1v) is 11.7. The molecular formula is C20H21Cl2NO3S2. The molecule has 1 aliphatic heterocycles. The van der Waals surface area contributed by atoms with Crippen molar-refractivity contribution >= 4 is 50.9 Å². The zero-order valence-electron chi connectivity index (χ0n) is 15.9. The van der Waals surface area contributed by atoms with Gasteiger partial charge in [-0.25, -0.2) is 12.7 Å². The summed E-state index contributed by atoms with van der Waals surface area (Å²) in [6.45, 7) is 6.98. The van der Waals surface area contributed by atoms with Gasteiger partial charge in [0.15, 0.2) is 0 Å². The third kappa shape index (κ3) is 3.05. The zero-order valence-corrected chi connectivity index (χ0v) is 19.1. The number of benzene rings is 2. The Kier molecular flexibility index (Phi) is 5.33. The normalized spacial score (nSPS) is 23.8. The first-order valence-electron chi connectivity index (χ1n) is 8.64. The van der Waals surface area contributed by atoms with E-state index >= 15 is 0 Å². The fourth-order valence-corrected chi connectivity index (χ4v) is 7.39. The van der Waals surface area contributed by atoms with Gasteiger partial charge in [-0.05, 0) is 38.1 Å². The Morgan fingerprint density at radius 1 is 0.929 bits per heavy atom. The summed E-state index contributed by atoms with van der Waals surface area (Å²) in [4.78, 5) is 12.8. The average molecular weight is 458 g/mol. The predicted octanol–water partition coefficient (Wildman–Crippen LogP) is 5.23. The van der Waals surface area contributed by atoms with Crippen molar-refractivity contribution in [1.82, 2.24) is 4.31 Å². The van der Waals surface area contributed by atoms with Gasteiger partial charge in [0.25, 0.3) is 15.9 Å². The maximum Gasteiger partial charge on any atom is 0.274 e. The van der Waals surface area contributed by atoms with E-state index in [4.69, 9.17) is 23.2 Å². The molecule has 0 N–H and O–H groups in total. The molecule has 0 spiro atoms. The molecule has 28 heavy (non-hydrogen) atoms. The van der Waals surface area contributed by atoms with Gasteiger partial charge in [-0.15, -0.1) is 0 Å². The monoisotopic (exact) mass is 457 g/mol. The van der Waals surface area contributed by atoms with Gasteiger partial charge in [0.05, 0.1) is 4.90 Å². The molecule has 1 heterocycles. The first-order chi connectivity index (χ1) is 12.9. The Labute approximate surface area is 180 Å². The van der Waals surface area contributed by atoms with Crippen LogP contribution in [0.2, 0.25) is 0 Å². The smallest absolute Gasteiger partial charge is 0.270 e. The largest absolute Gasteiger partial charge is 0.274 e. The molecule has 3 rings (SSSR count). The quantitative estimate of drug-likeness (QED) is 0.589. The molecule has 1 aliphatic rings. The number of alkyl halides is 2. The summed E-state index contributed by atoms with van der Waals surface area (Å²) < 4.78 is 26.0. The summed E-state index contributed by atoms with van der Waals surface area (Å²) in [5.41, 5.74) is -0.171. The van der Waals surface area contributed by atoms with Crippen LogP contribution in [-0.2, 0) is 14.8 Å². The predicted molar refractivity (Wildman–Crippen MR) is 114 cm³/mol. The lowest BCUT2D eigenvalue weighted by Crippen LogP contribution is -2.50. The van der Waals surface area contributed by atoms with Gasteiger partial charge in [-0.2, -0.15) is 0 Å². The van der Waals surface area contributed by atoms with Gasteiger partial charge in [0.2, 0.25) is 4.33 Å². The first kappa shape index (κ1) is 21.5. The molecule has 8 heteroatoms. The standard InChI is InChI=1S/C20H21Cl2NO3S2/c1-14-10-12-16(13-11-14)28(25,26)23-17(24)20(21,22)18(2,3)19(23,4)27-15-8-6-5-7-9-15/h5-13H,1-4H3/t19-/m1/s1. The highest BCUT2D eigenvalue weighted by Gasteiger charge is 2.72. The molecule has 4 nitrogen and oxygen atoms in total. The van der Waals surface area contributed by atoms with Crippen LogP contribution >= 0.6 is 35.0 Å². The molecule has 0 aliphatic carbocycles. The minimum Gasteiger partial charge on any atom is -0.270 e. The van der Waals surface area contributed by atoms with Crippen LogP contribution in [0, 0.1) is 12.3 Å². The number of amides is 1. The Hall–Kier alpha value is -1.21. The van der Waals surface area contributed by atoms with Crippen LogP contribution in [0.3, 0.4) is 0 Å². The number of nitrogens with zero attached hydrogens (tertiary/aromatic N) is 1. The second-order valence-corrected chi connectivity index (χ2v) is 12.1. The summed E-state index contributed by atoms with van der Waals surface area (Å²) >= 11 is 14.2. The zero-order chi connectivity index (χ0) is 21.0. The van der Waals surface area contributed by atoms with E-state index in [0.717, 1.165) is 14.8 Å². The third-order valence-electron chi connectivity index (χ3n) is 5.40. The molecule has 2 aromatic rings. The van der Waals surface area contributed by atoms with Crippen LogP contribution in [0.1, 0.15) is 26.3 Å². The number of carbonyl (C=O) groups is 1. The second-order valence-electron chi connectivity index (χ2n) is 7.49. The minimum absolute atomic E-state index is 0.0215. The molecule has 0 aromatic heterocycles. The Balaban J connectivity index is 2.21.